The van der Waals surface area contributed by atoms with Crippen LogP contribution in [0.4, 0.5) is 0 Å². The first-order valence-electron chi connectivity index (χ1n) is 17.8. The maximum atomic E-state index is 12.4. The van der Waals surface area contributed by atoms with Crippen LogP contribution in [0.2, 0.25) is 0 Å². The summed E-state index contributed by atoms with van der Waals surface area (Å²) in [6.07, 6.45) is 11.6. The van der Waals surface area contributed by atoms with Crippen LogP contribution in [0.15, 0.2) is 40.0 Å². The second kappa shape index (κ2) is 11.1. The van der Waals surface area contributed by atoms with E-state index < -0.39 is 0 Å². The summed E-state index contributed by atoms with van der Waals surface area (Å²) in [5, 5.41) is 21.3. The Morgan fingerprint density at radius 3 is 2.22 bits per heavy atom. The average molecular weight is 633 g/mol. The topological polar surface area (TPSA) is 115 Å². The maximum Gasteiger partial charge on any atom is 0.211 e. The zero-order valence-electron chi connectivity index (χ0n) is 30.0. The molecule has 4 aliphatic carbocycles. The Hall–Kier alpha value is -2.38. The lowest BCUT2D eigenvalue weighted by molar-refractivity contribution is -0.243. The summed E-state index contributed by atoms with van der Waals surface area (Å²) in [6, 6.07) is 8.20. The highest BCUT2D eigenvalue weighted by Crippen LogP contribution is 2.76. The molecule has 1 heterocycles. The zero-order valence-corrected chi connectivity index (χ0v) is 30.0. The molecule has 9 atom stereocenters. The van der Waals surface area contributed by atoms with Crippen molar-refractivity contribution in [3.8, 4) is 5.75 Å². The number of hydrogen-bond donors (Lipinski definition) is 3. The van der Waals surface area contributed by atoms with Gasteiger partial charge in [0.1, 0.15) is 5.75 Å². The van der Waals surface area contributed by atoms with E-state index in [4.69, 9.17) is 26.0 Å². The molecule has 1 aromatic rings. The molecule has 0 unspecified atom stereocenters. The minimum absolute atomic E-state index is 0.0270. The van der Waals surface area contributed by atoms with Gasteiger partial charge in [-0.15, -0.1) is 5.10 Å². The number of nitrogens with zero attached hydrogens (tertiary/aromatic N) is 2. The number of fused-ring (bicyclic) bond motifs is 5. The molecule has 1 aromatic carbocycles. The fraction of sp³-hybridized carbons (Fsp3) is 0.744. The molecular formula is C39H60N4O3. The highest BCUT2D eigenvalue weighted by molar-refractivity contribution is 6.08. The quantitative estimate of drug-likeness (QED) is 0.179. The van der Waals surface area contributed by atoms with Crippen LogP contribution in [-0.2, 0) is 4.74 Å². The SMILES string of the molecule is COc1ccc(/C=C2\C[C@]3(C)[C@H]4C[C@@H](O)[C@@H]5[C@@H]([C@@]6(C)CCCC(C)(C)O6)CC[C@@]5(C)[C@]4(C)CC[C@H]3C(C)(C)\C2=N\N=C(N)N)cc1. The fourth-order valence-electron chi connectivity index (χ4n) is 12.5. The van der Waals surface area contributed by atoms with Crippen molar-refractivity contribution >= 4 is 17.7 Å². The first-order valence-corrected chi connectivity index (χ1v) is 17.8. The van der Waals surface area contributed by atoms with Crippen molar-refractivity contribution in [2.75, 3.05) is 7.11 Å². The molecule has 5 N–H and O–H groups in total. The minimum Gasteiger partial charge on any atom is -0.497 e. The number of benzene rings is 1. The standard InChI is InChI=1S/C39H60N4O3/c1-34(2)17-10-18-39(8,46-34)27-15-19-38(7)31(27)28(44)22-30-36(5)23-25(21-24-11-13-26(45-9)14-12-24)32(42-43-33(40)41)35(3,4)29(36)16-20-37(30,38)6/h11-14,21,27-31,44H,10,15-20,22-23H2,1-9H3,(H4,40,41,43)/b25-21+,42-32+/t27-,28+,29-,30+,31-,36-,37+,38+,39+/m0/s1. The largest absolute Gasteiger partial charge is 0.497 e. The lowest BCUT2D eigenvalue weighted by Gasteiger charge is -2.70. The number of aliphatic hydroxyl groups is 1. The number of hydrogen-bond acceptors (Lipinski definition) is 5. The van der Waals surface area contributed by atoms with Gasteiger partial charge in [0.05, 0.1) is 30.1 Å². The number of methoxy groups -OCH3 is 1. The van der Waals surface area contributed by atoms with Crippen molar-refractivity contribution in [2.24, 2.45) is 67.0 Å². The molecule has 254 valence electrons. The number of rotatable bonds is 4. The van der Waals surface area contributed by atoms with Gasteiger partial charge in [-0.3, -0.25) is 0 Å². The average Bonchev–Trinajstić information content (AvgIpc) is 3.34. The van der Waals surface area contributed by atoms with Crippen molar-refractivity contribution in [2.45, 2.75) is 130 Å². The van der Waals surface area contributed by atoms with Crippen LogP contribution < -0.4 is 16.2 Å². The molecule has 7 nitrogen and oxygen atoms in total. The number of nitrogens with two attached hydrogens (primary N) is 2. The molecule has 46 heavy (non-hydrogen) atoms. The molecule has 4 saturated carbocycles. The van der Waals surface area contributed by atoms with Crippen LogP contribution >= 0.6 is 0 Å². The lowest BCUT2D eigenvalue weighted by Crippen LogP contribution is -2.66. The number of aliphatic hydroxyl groups excluding tert-OH is 1. The van der Waals surface area contributed by atoms with Crippen molar-refractivity contribution in [3.63, 3.8) is 0 Å². The van der Waals surface area contributed by atoms with E-state index in [1.807, 2.05) is 12.1 Å². The van der Waals surface area contributed by atoms with Crippen molar-refractivity contribution in [3.05, 3.63) is 35.4 Å². The Morgan fingerprint density at radius 1 is 0.913 bits per heavy atom. The maximum absolute atomic E-state index is 12.4. The van der Waals surface area contributed by atoms with Gasteiger partial charge in [0.15, 0.2) is 0 Å². The monoisotopic (exact) mass is 632 g/mol. The summed E-state index contributed by atoms with van der Waals surface area (Å²) in [7, 11) is 1.69. The third-order valence-electron chi connectivity index (χ3n) is 14.5. The van der Waals surface area contributed by atoms with Crippen LogP contribution in [0.3, 0.4) is 0 Å². The highest BCUT2D eigenvalue weighted by atomic mass is 16.5. The highest BCUT2D eigenvalue weighted by Gasteiger charge is 2.72. The van der Waals surface area contributed by atoms with E-state index >= 15 is 0 Å². The molecule has 0 spiro atoms. The predicted octanol–water partition coefficient (Wildman–Crippen LogP) is 7.71. The van der Waals surface area contributed by atoms with Gasteiger partial charge in [0.25, 0.3) is 0 Å². The molecule has 0 radical (unpaired) electrons. The van der Waals surface area contributed by atoms with Gasteiger partial charge in [-0.05, 0) is 148 Å². The molecule has 0 bridgehead atoms. The summed E-state index contributed by atoms with van der Waals surface area (Å²) >= 11 is 0. The smallest absolute Gasteiger partial charge is 0.211 e. The van der Waals surface area contributed by atoms with Crippen LogP contribution in [0, 0.1) is 45.3 Å². The van der Waals surface area contributed by atoms with Gasteiger partial charge < -0.3 is 26.0 Å². The van der Waals surface area contributed by atoms with E-state index in [1.54, 1.807) is 7.11 Å². The third-order valence-corrected chi connectivity index (χ3v) is 14.5. The van der Waals surface area contributed by atoms with Gasteiger partial charge in [0, 0.05) is 5.41 Å². The Balaban J connectivity index is 1.41. The van der Waals surface area contributed by atoms with Crippen LogP contribution in [-0.4, -0.2) is 41.2 Å². The van der Waals surface area contributed by atoms with E-state index in [2.05, 4.69) is 78.7 Å². The van der Waals surface area contributed by atoms with Crippen molar-refractivity contribution < 1.29 is 14.6 Å². The summed E-state index contributed by atoms with van der Waals surface area (Å²) < 4.78 is 12.4. The van der Waals surface area contributed by atoms with Gasteiger partial charge in [-0.1, -0.05) is 46.8 Å². The molecule has 1 aliphatic heterocycles. The first kappa shape index (κ1) is 33.5. The molecule has 5 aliphatic rings. The molecule has 6 rings (SSSR count). The molecule has 0 aromatic heterocycles. The summed E-state index contributed by atoms with van der Waals surface area (Å²) in [6.45, 7) is 19.2. The molecule has 5 fully saturated rings. The molecule has 0 amide bonds. The van der Waals surface area contributed by atoms with Crippen LogP contribution in [0.25, 0.3) is 6.08 Å². The van der Waals surface area contributed by atoms with Crippen molar-refractivity contribution in [1.82, 2.24) is 0 Å². The lowest BCUT2D eigenvalue weighted by atomic mass is 9.34. The Kier molecular flexibility index (Phi) is 8.08. The fourth-order valence-corrected chi connectivity index (χ4v) is 12.5. The van der Waals surface area contributed by atoms with Gasteiger partial charge >= 0.3 is 0 Å². The molecule has 1 saturated heterocycles. The summed E-state index contributed by atoms with van der Waals surface area (Å²) in [5.41, 5.74) is 14.4. The minimum atomic E-state index is -0.342. The zero-order chi connectivity index (χ0) is 33.5. The summed E-state index contributed by atoms with van der Waals surface area (Å²) in [4.78, 5) is 0. The second-order valence-electron chi connectivity index (χ2n) is 17.8. The van der Waals surface area contributed by atoms with Gasteiger partial charge in [0.2, 0.25) is 5.96 Å². The van der Waals surface area contributed by atoms with Gasteiger partial charge in [-0.2, -0.15) is 5.10 Å². The number of allylic oxidation sites excluding steroid dienone is 1. The molecular weight excluding hydrogens is 572 g/mol. The Labute approximate surface area is 277 Å². The van der Waals surface area contributed by atoms with E-state index in [9.17, 15) is 5.11 Å². The van der Waals surface area contributed by atoms with Gasteiger partial charge in [-0.25, -0.2) is 0 Å². The van der Waals surface area contributed by atoms with E-state index in [1.165, 1.54) is 12.0 Å². The first-order chi connectivity index (χ1) is 21.4. The Bertz CT molecular complexity index is 1430. The van der Waals surface area contributed by atoms with E-state index in [0.29, 0.717) is 17.8 Å². The van der Waals surface area contributed by atoms with Crippen LogP contribution in [0.5, 0.6) is 5.75 Å². The van der Waals surface area contributed by atoms with Crippen molar-refractivity contribution in [1.29, 1.82) is 0 Å². The molecule has 7 heteroatoms. The third kappa shape index (κ3) is 5.05. The number of guanidine groups is 1. The Morgan fingerprint density at radius 2 is 1.59 bits per heavy atom. The van der Waals surface area contributed by atoms with E-state index in [-0.39, 0.29) is 50.8 Å². The van der Waals surface area contributed by atoms with E-state index in [0.717, 1.165) is 68.4 Å². The summed E-state index contributed by atoms with van der Waals surface area (Å²) in [5.74, 6) is 2.18. The number of ether oxygens (including phenoxy) is 2. The second-order valence-corrected chi connectivity index (χ2v) is 17.8. The predicted molar refractivity (Wildman–Crippen MR) is 187 cm³/mol. The van der Waals surface area contributed by atoms with Crippen LogP contribution in [0.1, 0.15) is 119 Å². The normalized spacial score (nSPS) is 44.6.